The molecule has 0 saturated carbocycles. The summed E-state index contributed by atoms with van der Waals surface area (Å²) in [5.41, 5.74) is 15.9. The molecular formula is C21H17N. The van der Waals surface area contributed by atoms with Crippen molar-refractivity contribution < 1.29 is 0 Å². The Bertz CT molecular complexity index is 846. The molecule has 3 aliphatic rings. The van der Waals surface area contributed by atoms with Gasteiger partial charge in [-0.2, -0.15) is 0 Å². The molecule has 0 aromatic heterocycles. The van der Waals surface area contributed by atoms with Gasteiger partial charge in [-0.25, -0.2) is 0 Å². The summed E-state index contributed by atoms with van der Waals surface area (Å²) in [4.78, 5) is 0. The molecule has 2 bridgehead atoms. The molecule has 0 heterocycles. The van der Waals surface area contributed by atoms with E-state index >= 15 is 0 Å². The zero-order valence-electron chi connectivity index (χ0n) is 12.3. The van der Waals surface area contributed by atoms with Crippen LogP contribution in [0.25, 0.3) is 0 Å². The summed E-state index contributed by atoms with van der Waals surface area (Å²) in [5, 5.41) is 0. The fourth-order valence-electron chi connectivity index (χ4n) is 4.34. The van der Waals surface area contributed by atoms with Crippen LogP contribution in [0.2, 0.25) is 0 Å². The van der Waals surface area contributed by atoms with Crippen LogP contribution in [0, 0.1) is 0 Å². The van der Waals surface area contributed by atoms with E-state index < -0.39 is 0 Å². The van der Waals surface area contributed by atoms with Crippen molar-refractivity contribution in [2.24, 2.45) is 5.73 Å². The molecule has 3 aliphatic carbocycles. The number of benzene rings is 3. The molecule has 6 rings (SSSR count). The highest BCUT2D eigenvalue weighted by Gasteiger charge is 2.40. The van der Waals surface area contributed by atoms with Crippen molar-refractivity contribution in [1.29, 1.82) is 0 Å². The molecule has 0 saturated heterocycles. The molecule has 22 heavy (non-hydrogen) atoms. The Morgan fingerprint density at radius 3 is 1.55 bits per heavy atom. The Kier molecular flexibility index (Phi) is 2.39. The largest absolute Gasteiger partial charge is 0.326 e. The molecule has 0 spiro atoms. The maximum Gasteiger partial charge on any atom is 0.0349 e. The molecular weight excluding hydrogens is 266 g/mol. The van der Waals surface area contributed by atoms with Crippen LogP contribution in [0.5, 0.6) is 0 Å². The lowest BCUT2D eigenvalue weighted by Gasteiger charge is -2.42. The van der Waals surface area contributed by atoms with E-state index in [1.165, 1.54) is 38.9 Å². The topological polar surface area (TPSA) is 26.0 Å². The van der Waals surface area contributed by atoms with Crippen LogP contribution in [-0.2, 0) is 6.54 Å². The Morgan fingerprint density at radius 1 is 0.591 bits per heavy atom. The smallest absolute Gasteiger partial charge is 0.0349 e. The fraction of sp³-hybridized carbons (Fsp3) is 0.143. The standard InChI is InChI=1S/C21H17N/c22-12-13-9-10-18-19(11-13)21-16-7-3-1-5-14(16)20(18)15-6-2-4-8-17(15)21/h1-11,20-21H,12,22H2. The van der Waals surface area contributed by atoms with Crippen molar-refractivity contribution in [2.45, 2.75) is 18.4 Å². The first-order valence-corrected chi connectivity index (χ1v) is 7.89. The van der Waals surface area contributed by atoms with Gasteiger partial charge in [-0.15, -0.1) is 0 Å². The number of hydrogen-bond donors (Lipinski definition) is 1. The van der Waals surface area contributed by atoms with Gasteiger partial charge >= 0.3 is 0 Å². The van der Waals surface area contributed by atoms with Crippen molar-refractivity contribution in [3.8, 4) is 0 Å². The SMILES string of the molecule is NCc1ccc2c(c1)C1c3ccccc3C2c2ccccc21. The van der Waals surface area contributed by atoms with Crippen LogP contribution in [0.15, 0.2) is 66.7 Å². The second-order valence-corrected chi connectivity index (χ2v) is 6.29. The van der Waals surface area contributed by atoms with E-state index in [4.69, 9.17) is 5.73 Å². The third kappa shape index (κ3) is 1.42. The van der Waals surface area contributed by atoms with Gasteiger partial charge in [-0.05, 0) is 38.9 Å². The summed E-state index contributed by atoms with van der Waals surface area (Å²) in [6, 6.07) is 24.6. The molecule has 3 aromatic carbocycles. The van der Waals surface area contributed by atoms with Gasteiger partial charge in [-0.3, -0.25) is 0 Å². The van der Waals surface area contributed by atoms with Crippen LogP contribution in [0.4, 0.5) is 0 Å². The lowest BCUT2D eigenvalue weighted by molar-refractivity contribution is 0.751. The van der Waals surface area contributed by atoms with E-state index in [-0.39, 0.29) is 0 Å². The van der Waals surface area contributed by atoms with Crippen LogP contribution in [0.3, 0.4) is 0 Å². The van der Waals surface area contributed by atoms with Crippen molar-refractivity contribution in [3.63, 3.8) is 0 Å². The Hall–Kier alpha value is -2.38. The van der Waals surface area contributed by atoms with Crippen LogP contribution in [-0.4, -0.2) is 0 Å². The zero-order chi connectivity index (χ0) is 14.7. The molecule has 0 radical (unpaired) electrons. The third-order valence-electron chi connectivity index (χ3n) is 5.24. The average molecular weight is 283 g/mol. The van der Waals surface area contributed by atoms with E-state index in [2.05, 4.69) is 66.7 Å². The highest BCUT2D eigenvalue weighted by molar-refractivity contribution is 5.68. The van der Waals surface area contributed by atoms with Gasteiger partial charge in [-0.1, -0.05) is 66.7 Å². The summed E-state index contributed by atoms with van der Waals surface area (Å²) < 4.78 is 0. The second-order valence-electron chi connectivity index (χ2n) is 6.29. The quantitative estimate of drug-likeness (QED) is 0.492. The molecule has 0 fully saturated rings. The maximum absolute atomic E-state index is 5.87. The van der Waals surface area contributed by atoms with Crippen molar-refractivity contribution >= 4 is 0 Å². The van der Waals surface area contributed by atoms with E-state index in [9.17, 15) is 0 Å². The summed E-state index contributed by atoms with van der Waals surface area (Å²) >= 11 is 0. The minimum absolute atomic E-state index is 0.360. The first-order valence-electron chi connectivity index (χ1n) is 7.89. The summed E-state index contributed by atoms with van der Waals surface area (Å²) in [7, 11) is 0. The zero-order valence-corrected chi connectivity index (χ0v) is 12.3. The lowest BCUT2D eigenvalue weighted by Crippen LogP contribution is -2.27. The van der Waals surface area contributed by atoms with Crippen molar-refractivity contribution in [1.82, 2.24) is 0 Å². The van der Waals surface area contributed by atoms with Gasteiger partial charge in [0.05, 0.1) is 0 Å². The third-order valence-corrected chi connectivity index (χ3v) is 5.24. The van der Waals surface area contributed by atoms with Crippen molar-refractivity contribution in [2.75, 3.05) is 0 Å². The van der Waals surface area contributed by atoms with Gasteiger partial charge in [0.1, 0.15) is 0 Å². The van der Waals surface area contributed by atoms with E-state index in [1.54, 1.807) is 0 Å². The van der Waals surface area contributed by atoms with Crippen LogP contribution < -0.4 is 5.73 Å². The molecule has 2 N–H and O–H groups in total. The first-order chi connectivity index (χ1) is 10.9. The minimum atomic E-state index is 0.360. The minimum Gasteiger partial charge on any atom is -0.326 e. The van der Waals surface area contributed by atoms with E-state index in [0.29, 0.717) is 18.4 Å². The Labute approximate surface area is 130 Å². The van der Waals surface area contributed by atoms with Gasteiger partial charge in [0, 0.05) is 18.4 Å². The predicted molar refractivity (Wildman–Crippen MR) is 89.1 cm³/mol. The molecule has 0 atom stereocenters. The molecule has 1 nitrogen and oxygen atoms in total. The highest BCUT2D eigenvalue weighted by atomic mass is 14.5. The van der Waals surface area contributed by atoms with Gasteiger partial charge in [0.15, 0.2) is 0 Å². The monoisotopic (exact) mass is 283 g/mol. The van der Waals surface area contributed by atoms with E-state index in [0.717, 1.165) is 0 Å². The lowest BCUT2D eigenvalue weighted by atomic mass is 9.61. The number of nitrogens with two attached hydrogens (primary N) is 1. The maximum atomic E-state index is 5.87. The summed E-state index contributed by atoms with van der Waals surface area (Å²) in [6.45, 7) is 0.605. The summed E-state index contributed by atoms with van der Waals surface area (Å²) in [6.07, 6.45) is 0. The van der Waals surface area contributed by atoms with Crippen molar-refractivity contribution in [3.05, 3.63) is 106 Å². The molecule has 0 amide bonds. The van der Waals surface area contributed by atoms with Gasteiger partial charge in [0.25, 0.3) is 0 Å². The molecule has 3 aromatic rings. The van der Waals surface area contributed by atoms with Gasteiger partial charge in [0.2, 0.25) is 0 Å². The molecule has 106 valence electrons. The molecule has 1 heteroatoms. The average Bonchev–Trinajstić information content (AvgIpc) is 2.60. The normalized spacial score (nSPS) is 20.2. The predicted octanol–water partition coefficient (Wildman–Crippen LogP) is 4.13. The number of hydrogen-bond acceptors (Lipinski definition) is 1. The van der Waals surface area contributed by atoms with Gasteiger partial charge < -0.3 is 5.73 Å². The second kappa shape index (κ2) is 4.31. The Morgan fingerprint density at radius 2 is 1.05 bits per heavy atom. The Balaban J connectivity index is 1.87. The fourth-order valence-corrected chi connectivity index (χ4v) is 4.34. The molecule has 0 unspecified atom stereocenters. The van der Waals surface area contributed by atoms with E-state index in [1.807, 2.05) is 0 Å². The molecule has 0 aliphatic heterocycles. The highest BCUT2D eigenvalue weighted by Crippen LogP contribution is 2.55. The summed E-state index contributed by atoms with van der Waals surface area (Å²) in [5.74, 6) is 0.734. The van der Waals surface area contributed by atoms with Crippen LogP contribution in [0.1, 0.15) is 50.8 Å². The number of rotatable bonds is 1. The van der Waals surface area contributed by atoms with Crippen LogP contribution >= 0.6 is 0 Å². The first kappa shape index (κ1) is 12.2.